The maximum atomic E-state index is 12.5. The minimum absolute atomic E-state index is 0. The van der Waals surface area contributed by atoms with Crippen molar-refractivity contribution < 1.29 is 13.2 Å². The molecule has 1 heterocycles. The molecule has 0 aliphatic heterocycles. The lowest BCUT2D eigenvalue weighted by Crippen LogP contribution is -2.37. The summed E-state index contributed by atoms with van der Waals surface area (Å²) in [4.78, 5) is 7.59. The molecule has 0 radical (unpaired) electrons. The Balaban J connectivity index is 0.00000312. The first kappa shape index (κ1) is 22.0. The zero-order chi connectivity index (χ0) is 17.6. The van der Waals surface area contributed by atoms with E-state index in [2.05, 4.69) is 20.6 Å². The van der Waals surface area contributed by atoms with Gasteiger partial charge in [0.25, 0.3) is 0 Å². The van der Waals surface area contributed by atoms with Gasteiger partial charge in [0, 0.05) is 24.0 Å². The van der Waals surface area contributed by atoms with Crippen LogP contribution in [-0.4, -0.2) is 24.5 Å². The molecule has 25 heavy (non-hydrogen) atoms. The Morgan fingerprint density at radius 3 is 2.68 bits per heavy atom. The standard InChI is InChI=1S/C15H16ClF3N4S.HI/c1-20-14(21-6-5-10-3-2-4-11(16)7-10)22-8-13-23-12(9-24-13)15(17,18)19;/h2-4,7,9H,5-6,8H2,1H3,(H2,20,21,22);1H. The van der Waals surface area contributed by atoms with Gasteiger partial charge in [0.2, 0.25) is 0 Å². The van der Waals surface area contributed by atoms with Crippen LogP contribution in [0.2, 0.25) is 5.02 Å². The van der Waals surface area contributed by atoms with Gasteiger partial charge in [-0.15, -0.1) is 35.3 Å². The largest absolute Gasteiger partial charge is 0.434 e. The normalized spacial score (nSPS) is 11.8. The SMILES string of the molecule is CN=C(NCCc1cccc(Cl)c1)NCc1nc(C(F)(F)F)cs1.I. The summed E-state index contributed by atoms with van der Waals surface area (Å²) in [7, 11) is 1.59. The zero-order valence-corrected chi connectivity index (χ0v) is 17.1. The Morgan fingerprint density at radius 2 is 2.08 bits per heavy atom. The van der Waals surface area contributed by atoms with Crippen LogP contribution in [-0.2, 0) is 19.1 Å². The lowest BCUT2D eigenvalue weighted by molar-refractivity contribution is -0.140. The molecule has 0 spiro atoms. The average molecular weight is 505 g/mol. The van der Waals surface area contributed by atoms with Crippen molar-refractivity contribution in [3.63, 3.8) is 0 Å². The summed E-state index contributed by atoms with van der Waals surface area (Å²) in [6.45, 7) is 0.795. The van der Waals surface area contributed by atoms with E-state index in [9.17, 15) is 13.2 Å². The van der Waals surface area contributed by atoms with E-state index in [1.165, 1.54) is 0 Å². The molecule has 0 unspecified atom stereocenters. The number of aliphatic imine (C=N–C) groups is 1. The predicted octanol–water partition coefficient (Wildman–Crippen LogP) is 4.34. The second kappa shape index (κ2) is 10.2. The van der Waals surface area contributed by atoms with Crippen LogP contribution < -0.4 is 10.6 Å². The maximum absolute atomic E-state index is 12.5. The number of benzene rings is 1. The number of guanidine groups is 1. The molecule has 1 aromatic carbocycles. The van der Waals surface area contributed by atoms with Crippen molar-refractivity contribution in [3.8, 4) is 0 Å². The Bertz CT molecular complexity index is 706. The fourth-order valence-corrected chi connectivity index (χ4v) is 2.87. The summed E-state index contributed by atoms with van der Waals surface area (Å²) in [5.41, 5.74) is 0.216. The number of thiazole rings is 1. The highest BCUT2D eigenvalue weighted by Gasteiger charge is 2.33. The van der Waals surface area contributed by atoms with Crippen molar-refractivity contribution in [3.05, 3.63) is 50.9 Å². The molecule has 0 aliphatic rings. The van der Waals surface area contributed by atoms with E-state index in [1.54, 1.807) is 7.05 Å². The van der Waals surface area contributed by atoms with Crippen molar-refractivity contribution >= 4 is 52.9 Å². The summed E-state index contributed by atoms with van der Waals surface area (Å²) in [6, 6.07) is 7.54. The molecular formula is C15H17ClF3IN4S. The summed E-state index contributed by atoms with van der Waals surface area (Å²) < 4.78 is 37.5. The van der Waals surface area contributed by atoms with Crippen LogP contribution in [0.25, 0.3) is 0 Å². The third kappa shape index (κ3) is 7.37. The first-order valence-corrected chi connectivity index (χ1v) is 8.35. The Morgan fingerprint density at radius 1 is 1.32 bits per heavy atom. The van der Waals surface area contributed by atoms with Crippen LogP contribution in [0.3, 0.4) is 0 Å². The predicted molar refractivity (Wildman–Crippen MR) is 106 cm³/mol. The monoisotopic (exact) mass is 504 g/mol. The number of nitrogens with one attached hydrogen (secondary N) is 2. The number of nitrogens with zero attached hydrogens (tertiary/aromatic N) is 2. The smallest absolute Gasteiger partial charge is 0.356 e. The molecule has 138 valence electrons. The van der Waals surface area contributed by atoms with Crippen LogP contribution in [0.15, 0.2) is 34.6 Å². The van der Waals surface area contributed by atoms with Gasteiger partial charge in [-0.1, -0.05) is 23.7 Å². The van der Waals surface area contributed by atoms with E-state index in [-0.39, 0.29) is 30.5 Å². The van der Waals surface area contributed by atoms with Crippen molar-refractivity contribution in [2.75, 3.05) is 13.6 Å². The van der Waals surface area contributed by atoms with Crippen LogP contribution in [0, 0.1) is 0 Å². The van der Waals surface area contributed by atoms with Gasteiger partial charge in [-0.05, 0) is 24.1 Å². The van der Waals surface area contributed by atoms with Crippen molar-refractivity contribution in [1.82, 2.24) is 15.6 Å². The van der Waals surface area contributed by atoms with Crippen LogP contribution in [0.1, 0.15) is 16.3 Å². The van der Waals surface area contributed by atoms with E-state index in [1.807, 2.05) is 24.3 Å². The van der Waals surface area contributed by atoms with E-state index in [0.717, 1.165) is 28.7 Å². The number of hydrogen-bond acceptors (Lipinski definition) is 3. The van der Waals surface area contributed by atoms with Gasteiger partial charge in [-0.2, -0.15) is 13.2 Å². The highest BCUT2D eigenvalue weighted by atomic mass is 127. The minimum Gasteiger partial charge on any atom is -0.356 e. The Hall–Kier alpha value is -1.07. The molecule has 10 heteroatoms. The number of hydrogen-bond donors (Lipinski definition) is 2. The van der Waals surface area contributed by atoms with Crippen LogP contribution >= 0.6 is 46.9 Å². The van der Waals surface area contributed by atoms with Gasteiger partial charge in [-0.25, -0.2) is 4.98 Å². The summed E-state index contributed by atoms with van der Waals surface area (Å²) in [5.74, 6) is 0.501. The number of halogens is 5. The molecule has 2 rings (SSSR count). The molecule has 2 aromatic rings. The fraction of sp³-hybridized carbons (Fsp3) is 0.333. The van der Waals surface area contributed by atoms with Gasteiger partial charge in [0.15, 0.2) is 11.7 Å². The third-order valence-electron chi connectivity index (χ3n) is 3.07. The molecule has 1 aromatic heterocycles. The second-order valence-corrected chi connectivity index (χ2v) is 6.24. The zero-order valence-electron chi connectivity index (χ0n) is 13.2. The molecule has 2 N–H and O–H groups in total. The Labute approximate surface area is 169 Å². The van der Waals surface area contributed by atoms with Gasteiger partial charge in [0.1, 0.15) is 5.01 Å². The first-order valence-electron chi connectivity index (χ1n) is 7.09. The maximum Gasteiger partial charge on any atom is 0.434 e. The lowest BCUT2D eigenvalue weighted by atomic mass is 10.1. The summed E-state index contributed by atoms with van der Waals surface area (Å²) in [5, 5.41) is 8.07. The van der Waals surface area contributed by atoms with E-state index < -0.39 is 11.9 Å². The average Bonchev–Trinajstić information content (AvgIpc) is 3.00. The molecule has 0 bridgehead atoms. The molecule has 0 aliphatic carbocycles. The molecule has 0 amide bonds. The Kier molecular flexibility index (Phi) is 8.94. The van der Waals surface area contributed by atoms with Gasteiger partial charge < -0.3 is 10.6 Å². The highest BCUT2D eigenvalue weighted by Crippen LogP contribution is 2.29. The van der Waals surface area contributed by atoms with Crippen molar-refractivity contribution in [2.24, 2.45) is 4.99 Å². The summed E-state index contributed by atoms with van der Waals surface area (Å²) in [6.07, 6.45) is -3.66. The van der Waals surface area contributed by atoms with E-state index >= 15 is 0 Å². The fourth-order valence-electron chi connectivity index (χ4n) is 1.92. The van der Waals surface area contributed by atoms with E-state index in [0.29, 0.717) is 22.5 Å². The first-order chi connectivity index (χ1) is 11.4. The van der Waals surface area contributed by atoms with Gasteiger partial charge >= 0.3 is 6.18 Å². The number of alkyl halides is 3. The molecule has 4 nitrogen and oxygen atoms in total. The molecule has 0 saturated heterocycles. The van der Waals surface area contributed by atoms with E-state index in [4.69, 9.17) is 11.6 Å². The highest BCUT2D eigenvalue weighted by molar-refractivity contribution is 14.0. The molecule has 0 saturated carbocycles. The van der Waals surface area contributed by atoms with Crippen LogP contribution in [0.5, 0.6) is 0 Å². The van der Waals surface area contributed by atoms with Gasteiger partial charge in [0.05, 0.1) is 6.54 Å². The third-order valence-corrected chi connectivity index (χ3v) is 4.15. The van der Waals surface area contributed by atoms with Crippen molar-refractivity contribution in [2.45, 2.75) is 19.1 Å². The topological polar surface area (TPSA) is 49.3 Å². The van der Waals surface area contributed by atoms with Crippen LogP contribution in [0.4, 0.5) is 13.2 Å². The number of rotatable bonds is 5. The minimum atomic E-state index is -4.41. The number of aromatic nitrogens is 1. The quantitative estimate of drug-likeness (QED) is 0.362. The van der Waals surface area contributed by atoms with Crippen molar-refractivity contribution in [1.29, 1.82) is 0 Å². The second-order valence-electron chi connectivity index (χ2n) is 4.86. The molecular weight excluding hydrogens is 488 g/mol. The molecule has 0 atom stereocenters. The van der Waals surface area contributed by atoms with Gasteiger partial charge in [-0.3, -0.25) is 4.99 Å². The lowest BCUT2D eigenvalue weighted by Gasteiger charge is -2.11. The summed E-state index contributed by atoms with van der Waals surface area (Å²) >= 11 is 6.88. The molecule has 0 fully saturated rings.